The monoisotopic (exact) mass is 484 g/mol. The van der Waals surface area contributed by atoms with Crippen LogP contribution in [0.15, 0.2) is 57.7 Å². The Kier molecular flexibility index (Phi) is 8.89. The summed E-state index contributed by atoms with van der Waals surface area (Å²) in [5.74, 6) is 0.114. The van der Waals surface area contributed by atoms with Crippen molar-refractivity contribution in [2.24, 2.45) is 0 Å². The van der Waals surface area contributed by atoms with Crippen LogP contribution in [0.2, 0.25) is 0 Å². The fourth-order valence-electron chi connectivity index (χ4n) is 4.26. The fraction of sp³-hybridized carbons (Fsp3) is 0.407. The van der Waals surface area contributed by atoms with Crippen molar-refractivity contribution in [3.8, 4) is 0 Å². The molecule has 1 atom stereocenters. The minimum Gasteiger partial charge on any atom is -0.451 e. The Balaban J connectivity index is 0.00000324. The van der Waals surface area contributed by atoms with E-state index in [4.69, 9.17) is 9.15 Å². The van der Waals surface area contributed by atoms with Crippen LogP contribution in [0.3, 0.4) is 0 Å². The molecule has 1 aliphatic heterocycles. The largest absolute Gasteiger partial charge is 0.451 e. The van der Waals surface area contributed by atoms with Gasteiger partial charge in [-0.15, -0.1) is 12.4 Å². The Bertz CT molecular complexity index is 1170. The van der Waals surface area contributed by atoms with Crippen LogP contribution in [0, 0.1) is 0 Å². The Morgan fingerprint density at radius 2 is 1.71 bits per heavy atom. The highest BCUT2D eigenvalue weighted by Crippen LogP contribution is 2.24. The molecule has 2 aromatic carbocycles. The third-order valence-electron chi connectivity index (χ3n) is 6.35. The van der Waals surface area contributed by atoms with Crippen LogP contribution in [-0.4, -0.2) is 43.7 Å². The second kappa shape index (κ2) is 11.6. The topological polar surface area (TPSA) is 71.8 Å². The number of morpholine rings is 1. The molecule has 182 valence electrons. The van der Waals surface area contributed by atoms with Crippen LogP contribution in [-0.2, 0) is 11.2 Å². The summed E-state index contributed by atoms with van der Waals surface area (Å²) in [5, 5.41) is 3.49. The van der Waals surface area contributed by atoms with Crippen molar-refractivity contribution in [2.75, 3.05) is 32.8 Å². The van der Waals surface area contributed by atoms with Gasteiger partial charge in [0.05, 0.1) is 24.6 Å². The molecule has 6 nitrogen and oxygen atoms in total. The third kappa shape index (κ3) is 5.87. The minimum atomic E-state index is -0.384. The van der Waals surface area contributed by atoms with Crippen molar-refractivity contribution in [2.45, 2.75) is 39.2 Å². The molecule has 0 radical (unpaired) electrons. The number of hydrogen-bond acceptors (Lipinski definition) is 5. The summed E-state index contributed by atoms with van der Waals surface area (Å²) < 4.78 is 11.3. The van der Waals surface area contributed by atoms with E-state index in [2.05, 4.69) is 48.3 Å². The van der Waals surface area contributed by atoms with Gasteiger partial charge in [-0.05, 0) is 41.2 Å². The highest BCUT2D eigenvalue weighted by atomic mass is 35.5. The Morgan fingerprint density at radius 1 is 1.03 bits per heavy atom. The number of amides is 1. The minimum absolute atomic E-state index is 0. The van der Waals surface area contributed by atoms with E-state index < -0.39 is 0 Å². The standard InChI is InChI=1S/C27H32N2O4.ClH/c1-4-19-5-10-25-22(15-19)24(30)16-26(33-25)27(31)28-17-23(29-11-13-32-14-12-29)21-8-6-20(7-9-21)18(2)3;/h5-10,15-16,18,23H,4,11-14,17H2,1-3H3,(H,28,31);1H. The van der Waals surface area contributed by atoms with Gasteiger partial charge in [-0.25, -0.2) is 0 Å². The molecule has 0 spiro atoms. The predicted octanol–water partition coefficient (Wildman–Crippen LogP) is 4.70. The zero-order valence-electron chi connectivity index (χ0n) is 20.0. The average Bonchev–Trinajstić information content (AvgIpc) is 2.84. The Morgan fingerprint density at radius 3 is 2.35 bits per heavy atom. The van der Waals surface area contributed by atoms with Gasteiger partial charge in [-0.3, -0.25) is 14.5 Å². The van der Waals surface area contributed by atoms with E-state index in [-0.39, 0.29) is 35.5 Å². The zero-order valence-corrected chi connectivity index (χ0v) is 20.8. The molecule has 7 heteroatoms. The molecule has 1 aliphatic rings. The Hall–Kier alpha value is -2.67. The predicted molar refractivity (Wildman–Crippen MR) is 137 cm³/mol. The number of aryl methyl sites for hydroxylation is 1. The second-order valence-electron chi connectivity index (χ2n) is 8.85. The Labute approximate surface area is 206 Å². The molecule has 2 heterocycles. The molecule has 1 N–H and O–H groups in total. The smallest absolute Gasteiger partial charge is 0.287 e. The van der Waals surface area contributed by atoms with Crippen molar-refractivity contribution in [3.05, 3.63) is 81.2 Å². The molecule has 1 saturated heterocycles. The first-order chi connectivity index (χ1) is 16.0. The first kappa shape index (κ1) is 25.9. The number of carbonyl (C=O) groups excluding carboxylic acids is 1. The van der Waals surface area contributed by atoms with Gasteiger partial charge in [0, 0.05) is 25.7 Å². The molecule has 1 fully saturated rings. The van der Waals surface area contributed by atoms with Crippen LogP contribution in [0.25, 0.3) is 11.0 Å². The van der Waals surface area contributed by atoms with E-state index in [0.717, 1.165) is 30.6 Å². The van der Waals surface area contributed by atoms with Gasteiger partial charge in [-0.1, -0.05) is 51.1 Å². The normalized spacial score (nSPS) is 15.2. The third-order valence-corrected chi connectivity index (χ3v) is 6.35. The summed E-state index contributed by atoms with van der Waals surface area (Å²) in [6, 6.07) is 15.4. The number of nitrogens with one attached hydrogen (secondary N) is 1. The highest BCUT2D eigenvalue weighted by Gasteiger charge is 2.24. The lowest BCUT2D eigenvalue weighted by Crippen LogP contribution is -2.43. The number of ether oxygens (including phenoxy) is 1. The van der Waals surface area contributed by atoms with E-state index in [1.807, 2.05) is 19.1 Å². The highest BCUT2D eigenvalue weighted by molar-refractivity contribution is 5.93. The van der Waals surface area contributed by atoms with E-state index >= 15 is 0 Å². The van der Waals surface area contributed by atoms with Gasteiger partial charge >= 0.3 is 0 Å². The van der Waals surface area contributed by atoms with Crippen molar-refractivity contribution < 1.29 is 13.9 Å². The molecule has 1 unspecified atom stereocenters. The van der Waals surface area contributed by atoms with E-state index in [0.29, 0.717) is 36.6 Å². The van der Waals surface area contributed by atoms with Crippen molar-refractivity contribution in [1.82, 2.24) is 10.2 Å². The molecule has 4 rings (SSSR count). The molecular formula is C27H33ClN2O4. The lowest BCUT2D eigenvalue weighted by molar-refractivity contribution is 0.0161. The maximum Gasteiger partial charge on any atom is 0.287 e. The number of hydrogen-bond donors (Lipinski definition) is 1. The van der Waals surface area contributed by atoms with Crippen LogP contribution in [0.1, 0.15) is 60.0 Å². The summed E-state index contributed by atoms with van der Waals surface area (Å²) in [5.41, 5.74) is 3.72. The number of fused-ring (bicyclic) bond motifs is 1. The van der Waals surface area contributed by atoms with Crippen LogP contribution in [0.4, 0.5) is 0 Å². The van der Waals surface area contributed by atoms with Gasteiger partial charge in [0.1, 0.15) is 5.58 Å². The molecule has 0 bridgehead atoms. The van der Waals surface area contributed by atoms with Gasteiger partial charge < -0.3 is 14.5 Å². The lowest BCUT2D eigenvalue weighted by Gasteiger charge is -2.35. The maximum atomic E-state index is 12.9. The number of carbonyl (C=O) groups is 1. The first-order valence-electron chi connectivity index (χ1n) is 11.7. The van der Waals surface area contributed by atoms with Crippen LogP contribution < -0.4 is 10.7 Å². The zero-order chi connectivity index (χ0) is 23.4. The molecule has 0 saturated carbocycles. The number of rotatable bonds is 7. The summed E-state index contributed by atoms with van der Waals surface area (Å²) in [7, 11) is 0. The molecule has 1 amide bonds. The van der Waals surface area contributed by atoms with Gasteiger partial charge in [0.25, 0.3) is 5.91 Å². The second-order valence-corrected chi connectivity index (χ2v) is 8.85. The maximum absolute atomic E-state index is 12.9. The SMILES string of the molecule is CCc1ccc2oc(C(=O)NCC(c3ccc(C(C)C)cc3)N3CCOCC3)cc(=O)c2c1.Cl. The van der Waals surface area contributed by atoms with Gasteiger partial charge in [-0.2, -0.15) is 0 Å². The molecule has 0 aliphatic carbocycles. The van der Waals surface area contributed by atoms with E-state index in [1.165, 1.54) is 11.6 Å². The number of benzene rings is 2. The van der Waals surface area contributed by atoms with Crippen molar-refractivity contribution >= 4 is 29.3 Å². The van der Waals surface area contributed by atoms with E-state index in [1.54, 1.807) is 6.07 Å². The summed E-state index contributed by atoms with van der Waals surface area (Å²) in [6.07, 6.45) is 0.832. The average molecular weight is 485 g/mol. The lowest BCUT2D eigenvalue weighted by atomic mass is 9.98. The quantitative estimate of drug-likeness (QED) is 0.526. The number of nitrogens with zero attached hydrogens (tertiary/aromatic N) is 1. The van der Waals surface area contributed by atoms with Crippen LogP contribution in [0.5, 0.6) is 0 Å². The molecule has 1 aromatic heterocycles. The summed E-state index contributed by atoms with van der Waals surface area (Å²) in [4.78, 5) is 27.9. The molecule has 34 heavy (non-hydrogen) atoms. The molecule has 3 aromatic rings. The fourth-order valence-corrected chi connectivity index (χ4v) is 4.26. The first-order valence-corrected chi connectivity index (χ1v) is 11.7. The van der Waals surface area contributed by atoms with Crippen LogP contribution >= 0.6 is 12.4 Å². The number of halogens is 1. The van der Waals surface area contributed by atoms with Crippen molar-refractivity contribution in [3.63, 3.8) is 0 Å². The summed E-state index contributed by atoms with van der Waals surface area (Å²) >= 11 is 0. The molecular weight excluding hydrogens is 452 g/mol. The van der Waals surface area contributed by atoms with Crippen molar-refractivity contribution in [1.29, 1.82) is 0 Å². The van der Waals surface area contributed by atoms with Gasteiger partial charge in [0.15, 0.2) is 11.2 Å². The van der Waals surface area contributed by atoms with Gasteiger partial charge in [0.2, 0.25) is 0 Å². The van der Waals surface area contributed by atoms with E-state index in [9.17, 15) is 9.59 Å². The summed E-state index contributed by atoms with van der Waals surface area (Å²) in [6.45, 7) is 9.75.